The van der Waals surface area contributed by atoms with Crippen LogP contribution in [-0.2, 0) is 0 Å². The molecule has 0 aliphatic rings. The van der Waals surface area contributed by atoms with Crippen LogP contribution < -0.4 is 4.74 Å². The Labute approximate surface area is 115 Å². The fraction of sp³-hybridized carbons (Fsp3) is 0.200. The van der Waals surface area contributed by atoms with Gasteiger partial charge in [0.1, 0.15) is 11.6 Å². The third-order valence-electron chi connectivity index (χ3n) is 2.58. The van der Waals surface area contributed by atoms with Crippen LogP contribution in [-0.4, -0.2) is 11.9 Å². The van der Waals surface area contributed by atoms with Crippen LogP contribution in [0.2, 0.25) is 0 Å². The molecule has 0 saturated heterocycles. The third kappa shape index (κ3) is 3.57. The van der Waals surface area contributed by atoms with Crippen molar-refractivity contribution >= 4 is 15.9 Å². The first kappa shape index (κ1) is 13.1. The molecule has 0 N–H and O–H groups in total. The fourth-order valence-corrected chi connectivity index (χ4v) is 1.86. The van der Waals surface area contributed by atoms with E-state index < -0.39 is 0 Å². The third-order valence-corrected chi connectivity index (χ3v) is 3.14. The molecular formula is C15H14BrFO. The summed E-state index contributed by atoms with van der Waals surface area (Å²) >= 11 is 3.36. The Morgan fingerprint density at radius 1 is 0.889 bits per heavy atom. The molecule has 0 atom stereocenters. The van der Waals surface area contributed by atoms with Crippen molar-refractivity contribution in [2.45, 2.75) is 6.42 Å². The van der Waals surface area contributed by atoms with E-state index in [1.54, 1.807) is 12.1 Å². The molecule has 0 aliphatic carbocycles. The molecule has 2 aromatic rings. The maximum atomic E-state index is 12.8. The van der Waals surface area contributed by atoms with Gasteiger partial charge in [0.2, 0.25) is 0 Å². The lowest BCUT2D eigenvalue weighted by molar-refractivity contribution is 0.319. The number of hydrogen-bond acceptors (Lipinski definition) is 1. The number of rotatable bonds is 5. The number of benzene rings is 2. The van der Waals surface area contributed by atoms with Gasteiger partial charge in [0, 0.05) is 5.33 Å². The molecule has 0 bridgehead atoms. The molecule has 94 valence electrons. The summed E-state index contributed by atoms with van der Waals surface area (Å²) in [7, 11) is 0. The van der Waals surface area contributed by atoms with Gasteiger partial charge >= 0.3 is 0 Å². The van der Waals surface area contributed by atoms with E-state index in [4.69, 9.17) is 4.74 Å². The number of ether oxygens (including phenoxy) is 1. The molecule has 0 fully saturated rings. The largest absolute Gasteiger partial charge is 0.494 e. The van der Waals surface area contributed by atoms with E-state index in [2.05, 4.69) is 15.9 Å². The standard InChI is InChI=1S/C15H14BrFO/c16-10-1-11-18-15-8-4-13(5-9-15)12-2-6-14(17)7-3-12/h2-9H,1,10-11H2. The highest BCUT2D eigenvalue weighted by Gasteiger charge is 1.99. The van der Waals surface area contributed by atoms with Crippen molar-refractivity contribution in [2.75, 3.05) is 11.9 Å². The molecule has 0 spiro atoms. The number of alkyl halides is 1. The average Bonchev–Trinajstić information content (AvgIpc) is 2.41. The van der Waals surface area contributed by atoms with Crippen LogP contribution in [0.3, 0.4) is 0 Å². The normalized spacial score (nSPS) is 10.3. The predicted octanol–water partition coefficient (Wildman–Crippen LogP) is 4.66. The van der Waals surface area contributed by atoms with E-state index in [-0.39, 0.29) is 5.82 Å². The van der Waals surface area contributed by atoms with Crippen LogP contribution in [0.5, 0.6) is 5.75 Å². The summed E-state index contributed by atoms with van der Waals surface area (Å²) in [4.78, 5) is 0. The quantitative estimate of drug-likeness (QED) is 0.577. The van der Waals surface area contributed by atoms with E-state index in [1.165, 1.54) is 12.1 Å². The summed E-state index contributed by atoms with van der Waals surface area (Å²) in [5, 5.41) is 0.945. The van der Waals surface area contributed by atoms with E-state index >= 15 is 0 Å². The second-order valence-corrected chi connectivity index (χ2v) is 4.72. The lowest BCUT2D eigenvalue weighted by Crippen LogP contribution is -1.97. The molecule has 0 amide bonds. The number of halogens is 2. The molecule has 1 nitrogen and oxygen atoms in total. The SMILES string of the molecule is Fc1ccc(-c2ccc(OCCCBr)cc2)cc1. The van der Waals surface area contributed by atoms with E-state index in [1.807, 2.05) is 24.3 Å². The van der Waals surface area contributed by atoms with Crippen molar-refractivity contribution in [3.63, 3.8) is 0 Å². The Hall–Kier alpha value is -1.35. The smallest absolute Gasteiger partial charge is 0.123 e. The van der Waals surface area contributed by atoms with E-state index in [0.29, 0.717) is 6.61 Å². The lowest BCUT2D eigenvalue weighted by atomic mass is 10.1. The molecule has 0 aromatic heterocycles. The van der Waals surface area contributed by atoms with Gasteiger partial charge < -0.3 is 4.74 Å². The zero-order valence-corrected chi connectivity index (χ0v) is 11.5. The highest BCUT2D eigenvalue weighted by atomic mass is 79.9. The summed E-state index contributed by atoms with van der Waals surface area (Å²) in [6.45, 7) is 0.709. The molecular weight excluding hydrogens is 295 g/mol. The predicted molar refractivity (Wildman–Crippen MR) is 75.7 cm³/mol. The molecule has 0 aliphatic heterocycles. The highest BCUT2D eigenvalue weighted by molar-refractivity contribution is 9.09. The molecule has 3 heteroatoms. The monoisotopic (exact) mass is 308 g/mol. The molecule has 2 aromatic carbocycles. The second kappa shape index (κ2) is 6.55. The lowest BCUT2D eigenvalue weighted by Gasteiger charge is -2.06. The Kier molecular flexibility index (Phi) is 4.76. The Morgan fingerprint density at radius 3 is 2.00 bits per heavy atom. The minimum Gasteiger partial charge on any atom is -0.494 e. The van der Waals surface area contributed by atoms with Crippen molar-refractivity contribution in [2.24, 2.45) is 0 Å². The summed E-state index contributed by atoms with van der Waals surface area (Å²) in [6, 6.07) is 14.3. The number of hydrogen-bond donors (Lipinski definition) is 0. The molecule has 18 heavy (non-hydrogen) atoms. The van der Waals surface area contributed by atoms with E-state index in [9.17, 15) is 4.39 Å². The van der Waals surface area contributed by atoms with Gasteiger partial charge in [0.25, 0.3) is 0 Å². The van der Waals surface area contributed by atoms with Crippen molar-refractivity contribution in [1.29, 1.82) is 0 Å². The molecule has 0 heterocycles. The Balaban J connectivity index is 2.05. The minimum atomic E-state index is -0.214. The van der Waals surface area contributed by atoms with Gasteiger partial charge in [-0.05, 0) is 41.8 Å². The first-order valence-corrected chi connectivity index (χ1v) is 6.96. The van der Waals surface area contributed by atoms with E-state index in [0.717, 1.165) is 28.6 Å². The zero-order valence-electron chi connectivity index (χ0n) is 9.90. The zero-order chi connectivity index (χ0) is 12.8. The fourth-order valence-electron chi connectivity index (χ4n) is 1.63. The topological polar surface area (TPSA) is 9.23 Å². The summed E-state index contributed by atoms with van der Waals surface area (Å²) in [5.41, 5.74) is 2.06. The van der Waals surface area contributed by atoms with Crippen molar-refractivity contribution in [1.82, 2.24) is 0 Å². The van der Waals surface area contributed by atoms with Gasteiger partial charge in [-0.15, -0.1) is 0 Å². The van der Waals surface area contributed by atoms with Crippen molar-refractivity contribution < 1.29 is 9.13 Å². The first-order valence-electron chi connectivity index (χ1n) is 5.84. The van der Waals surface area contributed by atoms with Crippen molar-refractivity contribution in [3.05, 3.63) is 54.3 Å². The summed E-state index contributed by atoms with van der Waals surface area (Å²) < 4.78 is 18.4. The summed E-state index contributed by atoms with van der Waals surface area (Å²) in [6.07, 6.45) is 0.986. The average molecular weight is 309 g/mol. The Bertz CT molecular complexity index is 479. The minimum absolute atomic E-state index is 0.214. The van der Waals surface area contributed by atoms with Gasteiger partial charge in [-0.2, -0.15) is 0 Å². The van der Waals surface area contributed by atoms with Gasteiger partial charge in [0.05, 0.1) is 6.61 Å². The molecule has 0 radical (unpaired) electrons. The molecule has 0 saturated carbocycles. The van der Waals surface area contributed by atoms with Crippen LogP contribution >= 0.6 is 15.9 Å². The van der Waals surface area contributed by atoms with Crippen LogP contribution in [0, 0.1) is 5.82 Å². The highest BCUT2D eigenvalue weighted by Crippen LogP contribution is 2.22. The van der Waals surface area contributed by atoms with Crippen LogP contribution in [0.25, 0.3) is 11.1 Å². The maximum absolute atomic E-state index is 12.8. The van der Waals surface area contributed by atoms with Crippen LogP contribution in [0.15, 0.2) is 48.5 Å². The first-order chi connectivity index (χ1) is 8.79. The van der Waals surface area contributed by atoms with Gasteiger partial charge in [-0.3, -0.25) is 0 Å². The summed E-state index contributed by atoms with van der Waals surface area (Å²) in [5.74, 6) is 0.648. The van der Waals surface area contributed by atoms with Crippen LogP contribution in [0.4, 0.5) is 4.39 Å². The van der Waals surface area contributed by atoms with Gasteiger partial charge in [-0.25, -0.2) is 4.39 Å². The molecule has 2 rings (SSSR count). The van der Waals surface area contributed by atoms with Crippen LogP contribution in [0.1, 0.15) is 6.42 Å². The van der Waals surface area contributed by atoms with Crippen molar-refractivity contribution in [3.8, 4) is 16.9 Å². The second-order valence-electron chi connectivity index (χ2n) is 3.92. The van der Waals surface area contributed by atoms with Gasteiger partial charge in [-0.1, -0.05) is 40.2 Å². The Morgan fingerprint density at radius 2 is 1.44 bits per heavy atom. The molecule has 0 unspecified atom stereocenters. The maximum Gasteiger partial charge on any atom is 0.123 e. The van der Waals surface area contributed by atoms with Gasteiger partial charge in [0.15, 0.2) is 0 Å².